The van der Waals surface area contributed by atoms with E-state index in [0.29, 0.717) is 6.42 Å². The highest BCUT2D eigenvalue weighted by atomic mass is 32.1. The number of aryl methyl sites for hydroxylation is 1. The first kappa shape index (κ1) is 22.4. The number of thiophene rings is 1. The van der Waals surface area contributed by atoms with E-state index < -0.39 is 6.10 Å². The van der Waals surface area contributed by atoms with Crippen molar-refractivity contribution in [2.75, 3.05) is 6.61 Å². The molecule has 0 N–H and O–H groups in total. The fraction of sp³-hybridized carbons (Fsp3) is 0.308. The first-order valence-electron chi connectivity index (χ1n) is 10.6. The standard InChI is InChI=1S/C26H25FO4S/c1-16-3-4-19(25-14-22(29)13-23(31-25)15-30-17(2)28)11-20(16)12-24-9-10-26(32-24)18-5-7-21(27)8-6-18/h3-11,23,25H,12-15H2,1-2H3/t23-,25+/m0/s1. The lowest BCUT2D eigenvalue weighted by molar-refractivity contribution is -0.155. The molecule has 32 heavy (non-hydrogen) atoms. The van der Waals surface area contributed by atoms with Gasteiger partial charge in [0.25, 0.3) is 0 Å². The highest BCUT2D eigenvalue weighted by Crippen LogP contribution is 2.33. The number of ketones is 1. The second-order valence-electron chi connectivity index (χ2n) is 8.13. The molecule has 0 aliphatic carbocycles. The van der Waals surface area contributed by atoms with Crippen LogP contribution < -0.4 is 0 Å². The van der Waals surface area contributed by atoms with Crippen molar-refractivity contribution >= 4 is 23.1 Å². The number of esters is 1. The van der Waals surface area contributed by atoms with E-state index in [9.17, 15) is 14.0 Å². The van der Waals surface area contributed by atoms with Crippen LogP contribution in [0.3, 0.4) is 0 Å². The normalized spacial score (nSPS) is 18.5. The quantitative estimate of drug-likeness (QED) is 0.443. The van der Waals surface area contributed by atoms with Gasteiger partial charge >= 0.3 is 5.97 Å². The van der Waals surface area contributed by atoms with Crippen LogP contribution in [0.25, 0.3) is 10.4 Å². The van der Waals surface area contributed by atoms with Gasteiger partial charge in [-0.1, -0.05) is 30.3 Å². The van der Waals surface area contributed by atoms with E-state index in [4.69, 9.17) is 9.47 Å². The van der Waals surface area contributed by atoms with Gasteiger partial charge in [-0.3, -0.25) is 9.59 Å². The lowest BCUT2D eigenvalue weighted by Crippen LogP contribution is -2.32. The summed E-state index contributed by atoms with van der Waals surface area (Å²) in [4.78, 5) is 25.7. The molecule has 3 aromatic rings. The Morgan fingerprint density at radius 2 is 1.91 bits per heavy atom. The molecule has 2 atom stereocenters. The van der Waals surface area contributed by atoms with Gasteiger partial charge in [-0.2, -0.15) is 0 Å². The SMILES string of the molecule is CC(=O)OC[C@@H]1CC(=O)C[C@H](c2ccc(C)c(Cc3ccc(-c4ccc(F)cc4)s3)c2)O1. The van der Waals surface area contributed by atoms with Crippen molar-refractivity contribution in [2.45, 2.75) is 45.3 Å². The summed E-state index contributed by atoms with van der Waals surface area (Å²) in [5.41, 5.74) is 4.31. The third-order valence-electron chi connectivity index (χ3n) is 5.60. The molecule has 2 aromatic carbocycles. The molecule has 4 nitrogen and oxygen atoms in total. The Labute approximate surface area is 191 Å². The van der Waals surface area contributed by atoms with Crippen molar-refractivity contribution in [1.82, 2.24) is 0 Å². The molecule has 0 radical (unpaired) electrons. The van der Waals surface area contributed by atoms with E-state index in [-0.39, 0.29) is 36.7 Å². The third-order valence-corrected chi connectivity index (χ3v) is 6.73. The molecule has 6 heteroatoms. The highest BCUT2D eigenvalue weighted by Gasteiger charge is 2.30. The third kappa shape index (κ3) is 5.50. The second-order valence-corrected chi connectivity index (χ2v) is 9.30. The minimum Gasteiger partial charge on any atom is -0.463 e. The van der Waals surface area contributed by atoms with Crippen molar-refractivity contribution in [3.05, 3.63) is 82.0 Å². The largest absolute Gasteiger partial charge is 0.463 e. The lowest BCUT2D eigenvalue weighted by Gasteiger charge is -2.29. The predicted molar refractivity (Wildman–Crippen MR) is 122 cm³/mol. The highest BCUT2D eigenvalue weighted by molar-refractivity contribution is 7.15. The van der Waals surface area contributed by atoms with Gasteiger partial charge in [-0.25, -0.2) is 4.39 Å². The lowest BCUT2D eigenvalue weighted by atomic mass is 9.94. The molecule has 1 aliphatic rings. The van der Waals surface area contributed by atoms with Gasteiger partial charge in [-0.15, -0.1) is 11.3 Å². The van der Waals surface area contributed by atoms with Crippen LogP contribution in [-0.2, 0) is 25.5 Å². The van der Waals surface area contributed by atoms with Crippen LogP contribution >= 0.6 is 11.3 Å². The second kappa shape index (κ2) is 9.76. The molecule has 0 unspecified atom stereocenters. The summed E-state index contributed by atoms with van der Waals surface area (Å²) in [5.74, 6) is -0.504. The van der Waals surface area contributed by atoms with Crippen LogP contribution in [0.4, 0.5) is 4.39 Å². The number of benzene rings is 2. The van der Waals surface area contributed by atoms with E-state index in [0.717, 1.165) is 22.4 Å². The van der Waals surface area contributed by atoms with E-state index in [1.165, 1.54) is 35.1 Å². The minimum atomic E-state index is -0.412. The molecular weight excluding hydrogens is 427 g/mol. The molecule has 1 fully saturated rings. The zero-order chi connectivity index (χ0) is 22.7. The van der Waals surface area contributed by atoms with Gasteiger partial charge in [0.05, 0.1) is 12.2 Å². The fourth-order valence-corrected chi connectivity index (χ4v) is 4.93. The summed E-state index contributed by atoms with van der Waals surface area (Å²) in [6.07, 6.45) is 0.611. The van der Waals surface area contributed by atoms with Crippen LogP contribution in [-0.4, -0.2) is 24.5 Å². The number of hydrogen-bond donors (Lipinski definition) is 0. The van der Waals surface area contributed by atoms with Crippen molar-refractivity contribution in [2.24, 2.45) is 0 Å². The zero-order valence-electron chi connectivity index (χ0n) is 18.1. The van der Waals surface area contributed by atoms with Crippen LogP contribution in [0.2, 0.25) is 0 Å². The van der Waals surface area contributed by atoms with Gasteiger partial charge < -0.3 is 9.47 Å². The molecule has 1 saturated heterocycles. The van der Waals surface area contributed by atoms with Crippen LogP contribution in [0.5, 0.6) is 0 Å². The van der Waals surface area contributed by atoms with Gasteiger partial charge in [0.1, 0.15) is 18.2 Å². The van der Waals surface area contributed by atoms with Crippen molar-refractivity contribution in [3.8, 4) is 10.4 Å². The maximum absolute atomic E-state index is 13.2. The molecule has 0 spiro atoms. The molecule has 166 valence electrons. The Balaban J connectivity index is 1.50. The maximum atomic E-state index is 13.2. The Morgan fingerprint density at radius 3 is 2.66 bits per heavy atom. The first-order valence-corrected chi connectivity index (χ1v) is 11.4. The molecular formula is C26H25FO4S. The van der Waals surface area contributed by atoms with Gasteiger partial charge in [0.15, 0.2) is 0 Å². The van der Waals surface area contributed by atoms with Crippen LogP contribution in [0.1, 0.15) is 47.4 Å². The number of carbonyl (C=O) groups is 2. The summed E-state index contributed by atoms with van der Waals surface area (Å²) in [6.45, 7) is 3.52. The minimum absolute atomic E-state index is 0.0949. The van der Waals surface area contributed by atoms with Crippen molar-refractivity contribution in [3.63, 3.8) is 0 Å². The summed E-state index contributed by atoms with van der Waals surface area (Å²) in [7, 11) is 0. The van der Waals surface area contributed by atoms with Gasteiger partial charge in [-0.05, 0) is 53.4 Å². The number of carbonyl (C=O) groups excluding carboxylic acids is 2. The number of rotatable bonds is 6. The number of halogens is 1. The fourth-order valence-electron chi connectivity index (χ4n) is 3.89. The monoisotopic (exact) mass is 452 g/mol. The zero-order valence-corrected chi connectivity index (χ0v) is 18.9. The van der Waals surface area contributed by atoms with E-state index >= 15 is 0 Å². The smallest absolute Gasteiger partial charge is 0.302 e. The van der Waals surface area contributed by atoms with E-state index in [2.05, 4.69) is 31.2 Å². The number of Topliss-reactive ketones (excluding diaryl/α,β-unsaturated/α-hetero) is 1. The summed E-state index contributed by atoms with van der Waals surface area (Å²) < 4.78 is 24.3. The maximum Gasteiger partial charge on any atom is 0.302 e. The Morgan fingerprint density at radius 1 is 1.12 bits per heavy atom. The van der Waals surface area contributed by atoms with Gasteiger partial charge in [0.2, 0.25) is 0 Å². The summed E-state index contributed by atoms with van der Waals surface area (Å²) in [5, 5.41) is 0. The summed E-state index contributed by atoms with van der Waals surface area (Å²) in [6, 6.07) is 16.9. The number of ether oxygens (including phenoxy) is 2. The van der Waals surface area contributed by atoms with Crippen molar-refractivity contribution in [1.29, 1.82) is 0 Å². The first-order chi connectivity index (χ1) is 15.4. The van der Waals surface area contributed by atoms with Crippen LogP contribution in [0, 0.1) is 12.7 Å². The Hall–Kier alpha value is -2.83. The molecule has 1 aromatic heterocycles. The predicted octanol–water partition coefficient (Wildman–Crippen LogP) is 5.81. The Bertz CT molecular complexity index is 1120. The molecule has 1 aliphatic heterocycles. The molecule has 2 heterocycles. The molecule has 0 saturated carbocycles. The Kier molecular flexibility index (Phi) is 6.82. The van der Waals surface area contributed by atoms with Crippen molar-refractivity contribution < 1.29 is 23.5 Å². The topological polar surface area (TPSA) is 52.6 Å². The summed E-state index contributed by atoms with van der Waals surface area (Å²) >= 11 is 1.69. The molecule has 4 rings (SSSR count). The van der Waals surface area contributed by atoms with Gasteiger partial charge in [0, 0.05) is 35.9 Å². The van der Waals surface area contributed by atoms with E-state index in [1.54, 1.807) is 23.5 Å². The van der Waals surface area contributed by atoms with E-state index in [1.807, 2.05) is 6.07 Å². The van der Waals surface area contributed by atoms with Crippen LogP contribution in [0.15, 0.2) is 54.6 Å². The molecule has 0 amide bonds. The average molecular weight is 453 g/mol. The average Bonchev–Trinajstić information content (AvgIpc) is 3.22. The molecule has 0 bridgehead atoms. The number of hydrogen-bond acceptors (Lipinski definition) is 5.